The van der Waals surface area contributed by atoms with Crippen molar-refractivity contribution < 1.29 is 37.9 Å². The van der Waals surface area contributed by atoms with E-state index in [1.54, 1.807) is 7.11 Å². The summed E-state index contributed by atoms with van der Waals surface area (Å²) in [5.74, 6) is 0. The molecule has 0 bridgehead atoms. The van der Waals surface area contributed by atoms with Crippen LogP contribution < -0.4 is 0 Å². The number of methoxy groups -OCH3 is 1. The van der Waals surface area contributed by atoms with Crippen molar-refractivity contribution >= 4 is 0 Å². The molecule has 0 N–H and O–H groups in total. The lowest BCUT2D eigenvalue weighted by Crippen LogP contribution is -2.11. The van der Waals surface area contributed by atoms with E-state index in [4.69, 9.17) is 37.9 Å². The molecule has 0 saturated carbocycles. The second-order valence-electron chi connectivity index (χ2n) is 6.71. The zero-order valence-electron chi connectivity index (χ0n) is 19.8. The summed E-state index contributed by atoms with van der Waals surface area (Å²) in [6.45, 7) is 16.0. The lowest BCUT2D eigenvalue weighted by Gasteiger charge is -2.18. The minimum atomic E-state index is 0.416. The molecule has 0 aromatic heterocycles. The zero-order valence-corrected chi connectivity index (χ0v) is 19.8. The van der Waals surface area contributed by atoms with Gasteiger partial charge in [-0.25, -0.2) is 0 Å². The predicted octanol–water partition coefficient (Wildman–Crippen LogP) is 3.88. The summed E-state index contributed by atoms with van der Waals surface area (Å²) in [6.07, 6.45) is 4.20. The van der Waals surface area contributed by atoms with Crippen molar-refractivity contribution in [3.63, 3.8) is 0 Å². The molecule has 0 aliphatic carbocycles. The standard InChI is InChI=1S/C25H38O8/c1-5-27-10-13-31-19-23-17-25(21-33-15-12-29-7-3)24(20-32-14-11-28-6-2)16-22(23)18-30-9-8-26-4/h5-7,16-17H,1-3,8-15,18-21H2,4H3. The summed E-state index contributed by atoms with van der Waals surface area (Å²) in [6, 6.07) is 4.16. The van der Waals surface area contributed by atoms with Crippen LogP contribution in [0.4, 0.5) is 0 Å². The van der Waals surface area contributed by atoms with Crippen LogP contribution in [0.3, 0.4) is 0 Å². The summed E-state index contributed by atoms with van der Waals surface area (Å²) in [7, 11) is 1.65. The molecule has 0 amide bonds. The van der Waals surface area contributed by atoms with E-state index in [2.05, 4.69) is 31.9 Å². The topological polar surface area (TPSA) is 73.8 Å². The molecule has 0 aliphatic heterocycles. The van der Waals surface area contributed by atoms with Crippen LogP contribution in [0.1, 0.15) is 22.3 Å². The predicted molar refractivity (Wildman–Crippen MR) is 125 cm³/mol. The van der Waals surface area contributed by atoms with Crippen molar-refractivity contribution in [2.75, 3.05) is 60.0 Å². The molecule has 0 heterocycles. The molecule has 0 radical (unpaired) electrons. The van der Waals surface area contributed by atoms with Crippen LogP contribution in [0.25, 0.3) is 0 Å². The van der Waals surface area contributed by atoms with Crippen molar-refractivity contribution in [1.82, 2.24) is 0 Å². The number of ether oxygens (including phenoxy) is 8. The minimum Gasteiger partial charge on any atom is -0.499 e. The Balaban J connectivity index is 2.93. The Morgan fingerprint density at radius 2 is 0.818 bits per heavy atom. The van der Waals surface area contributed by atoms with Gasteiger partial charge in [-0.3, -0.25) is 0 Å². The second-order valence-corrected chi connectivity index (χ2v) is 6.71. The van der Waals surface area contributed by atoms with E-state index in [0.29, 0.717) is 79.3 Å². The van der Waals surface area contributed by atoms with Gasteiger partial charge >= 0.3 is 0 Å². The third-order valence-electron chi connectivity index (χ3n) is 4.37. The van der Waals surface area contributed by atoms with Gasteiger partial charge < -0.3 is 37.9 Å². The summed E-state index contributed by atoms with van der Waals surface area (Å²) in [5.41, 5.74) is 4.07. The average Bonchev–Trinajstić information content (AvgIpc) is 2.82. The van der Waals surface area contributed by atoms with Crippen molar-refractivity contribution in [2.45, 2.75) is 26.4 Å². The highest BCUT2D eigenvalue weighted by atomic mass is 16.5. The molecule has 0 aliphatic rings. The highest BCUT2D eigenvalue weighted by molar-refractivity contribution is 5.38. The molecule has 1 aromatic rings. The largest absolute Gasteiger partial charge is 0.499 e. The zero-order chi connectivity index (χ0) is 24.0. The third kappa shape index (κ3) is 13.7. The van der Waals surface area contributed by atoms with E-state index < -0.39 is 0 Å². The van der Waals surface area contributed by atoms with Crippen LogP contribution in [0.15, 0.2) is 50.7 Å². The van der Waals surface area contributed by atoms with Crippen molar-refractivity contribution in [1.29, 1.82) is 0 Å². The summed E-state index contributed by atoms with van der Waals surface area (Å²) in [5, 5.41) is 0. The van der Waals surface area contributed by atoms with Gasteiger partial charge in [0.1, 0.15) is 19.8 Å². The monoisotopic (exact) mass is 466 g/mol. The number of benzene rings is 1. The van der Waals surface area contributed by atoms with Crippen LogP contribution in [-0.4, -0.2) is 60.0 Å². The molecular weight excluding hydrogens is 428 g/mol. The summed E-state index contributed by atoms with van der Waals surface area (Å²) >= 11 is 0. The molecule has 186 valence electrons. The maximum absolute atomic E-state index is 5.79. The van der Waals surface area contributed by atoms with Crippen molar-refractivity contribution in [3.8, 4) is 0 Å². The van der Waals surface area contributed by atoms with Crippen molar-refractivity contribution in [2.24, 2.45) is 0 Å². The lowest BCUT2D eigenvalue weighted by molar-refractivity contribution is 0.0557. The van der Waals surface area contributed by atoms with E-state index in [0.717, 1.165) is 22.3 Å². The van der Waals surface area contributed by atoms with Gasteiger partial charge in [-0.05, 0) is 22.3 Å². The Kier molecular flexibility index (Phi) is 17.6. The van der Waals surface area contributed by atoms with Gasteiger partial charge in [-0.15, -0.1) is 0 Å². The molecule has 1 aromatic carbocycles. The van der Waals surface area contributed by atoms with Gasteiger partial charge in [-0.1, -0.05) is 31.9 Å². The summed E-state index contributed by atoms with van der Waals surface area (Å²) in [4.78, 5) is 0. The van der Waals surface area contributed by atoms with Crippen LogP contribution in [0, 0.1) is 0 Å². The normalized spacial score (nSPS) is 10.6. The molecule has 1 rings (SSSR count). The molecule has 8 nitrogen and oxygen atoms in total. The minimum absolute atomic E-state index is 0.416. The molecule has 8 heteroatoms. The van der Waals surface area contributed by atoms with E-state index in [-0.39, 0.29) is 0 Å². The van der Waals surface area contributed by atoms with E-state index in [9.17, 15) is 0 Å². The van der Waals surface area contributed by atoms with Crippen molar-refractivity contribution in [3.05, 3.63) is 72.9 Å². The average molecular weight is 467 g/mol. The van der Waals surface area contributed by atoms with Crippen LogP contribution in [-0.2, 0) is 64.3 Å². The molecular formula is C25H38O8. The first-order valence-electron chi connectivity index (χ1n) is 10.9. The van der Waals surface area contributed by atoms with Crippen LogP contribution >= 0.6 is 0 Å². The van der Waals surface area contributed by atoms with Gasteiger partial charge in [0.05, 0.1) is 78.2 Å². The first-order valence-corrected chi connectivity index (χ1v) is 10.9. The summed E-state index contributed by atoms with van der Waals surface area (Å²) < 4.78 is 43.6. The highest BCUT2D eigenvalue weighted by Gasteiger charge is 2.12. The van der Waals surface area contributed by atoms with Gasteiger partial charge in [-0.2, -0.15) is 0 Å². The molecule has 0 unspecified atom stereocenters. The molecule has 0 fully saturated rings. The van der Waals surface area contributed by atoms with E-state index >= 15 is 0 Å². The third-order valence-corrected chi connectivity index (χ3v) is 4.37. The first kappa shape index (κ1) is 28.7. The van der Waals surface area contributed by atoms with E-state index in [1.807, 2.05) is 0 Å². The van der Waals surface area contributed by atoms with Gasteiger partial charge in [0.2, 0.25) is 0 Å². The smallest absolute Gasteiger partial charge is 0.111 e. The SMILES string of the molecule is C=COCCOCc1cc(COCCOC=C)c(COCCOC=C)cc1COCCOC. The Hall–Kier alpha value is -2.36. The fourth-order valence-corrected chi connectivity index (χ4v) is 2.77. The Bertz CT molecular complexity index is 662. The highest BCUT2D eigenvalue weighted by Crippen LogP contribution is 2.21. The molecule has 33 heavy (non-hydrogen) atoms. The second kappa shape index (κ2) is 20.3. The molecule has 0 atom stereocenters. The number of hydrogen-bond acceptors (Lipinski definition) is 8. The maximum atomic E-state index is 5.79. The van der Waals surface area contributed by atoms with Gasteiger partial charge in [0.25, 0.3) is 0 Å². The van der Waals surface area contributed by atoms with Gasteiger partial charge in [0.15, 0.2) is 0 Å². The molecule has 0 spiro atoms. The number of rotatable bonds is 23. The Labute approximate surface area is 197 Å². The lowest BCUT2D eigenvalue weighted by atomic mass is 9.99. The first-order chi connectivity index (χ1) is 16.3. The quantitative estimate of drug-likeness (QED) is 0.178. The van der Waals surface area contributed by atoms with Crippen LogP contribution in [0.5, 0.6) is 0 Å². The van der Waals surface area contributed by atoms with Gasteiger partial charge in [0, 0.05) is 7.11 Å². The fraction of sp³-hybridized carbons (Fsp3) is 0.520. The Morgan fingerprint density at radius 1 is 0.515 bits per heavy atom. The van der Waals surface area contributed by atoms with E-state index in [1.165, 1.54) is 18.8 Å². The Morgan fingerprint density at radius 3 is 1.09 bits per heavy atom. The maximum Gasteiger partial charge on any atom is 0.111 e. The molecule has 0 saturated heterocycles. The fourth-order valence-electron chi connectivity index (χ4n) is 2.77. The number of hydrogen-bond donors (Lipinski definition) is 0. The van der Waals surface area contributed by atoms with Crippen LogP contribution in [0.2, 0.25) is 0 Å².